The molecule has 0 aromatic carbocycles. The average molecular weight is 240 g/mol. The Balaban J connectivity index is 2.07. The van der Waals surface area contributed by atoms with Gasteiger partial charge >= 0.3 is 5.97 Å². The van der Waals surface area contributed by atoms with E-state index in [0.29, 0.717) is 12.3 Å². The van der Waals surface area contributed by atoms with Crippen molar-refractivity contribution >= 4 is 5.97 Å². The number of hydrogen-bond acceptors (Lipinski definition) is 2. The molecule has 2 heteroatoms. The van der Waals surface area contributed by atoms with Gasteiger partial charge in [0, 0.05) is 6.42 Å². The maximum atomic E-state index is 11.7. The number of unbranched alkanes of at least 4 members (excludes halogenated alkanes) is 4. The minimum atomic E-state index is 0.0280. The Morgan fingerprint density at radius 1 is 1.12 bits per heavy atom. The van der Waals surface area contributed by atoms with Crippen molar-refractivity contribution in [3.63, 3.8) is 0 Å². The van der Waals surface area contributed by atoms with Gasteiger partial charge in [0.05, 0.1) is 0 Å². The fraction of sp³-hybridized carbons (Fsp3) is 0.933. The summed E-state index contributed by atoms with van der Waals surface area (Å²) in [6.45, 7) is 4.41. The highest BCUT2D eigenvalue weighted by atomic mass is 16.5. The van der Waals surface area contributed by atoms with Crippen molar-refractivity contribution in [2.24, 2.45) is 5.92 Å². The SMILES string of the molecule is CCCCCCCC(=O)O[C@@H]1CCCC[C@H]1C. The molecule has 17 heavy (non-hydrogen) atoms. The molecule has 1 aliphatic rings. The molecular formula is C15H28O2. The monoisotopic (exact) mass is 240 g/mol. The highest BCUT2D eigenvalue weighted by molar-refractivity contribution is 5.69. The Morgan fingerprint density at radius 2 is 1.82 bits per heavy atom. The van der Waals surface area contributed by atoms with Gasteiger partial charge in [-0.2, -0.15) is 0 Å². The summed E-state index contributed by atoms with van der Waals surface area (Å²) in [6.07, 6.45) is 11.6. The summed E-state index contributed by atoms with van der Waals surface area (Å²) in [6, 6.07) is 0. The third-order valence-electron chi connectivity index (χ3n) is 3.80. The van der Waals surface area contributed by atoms with E-state index in [1.54, 1.807) is 0 Å². The first kappa shape index (κ1) is 14.5. The molecule has 0 aromatic heterocycles. The molecule has 100 valence electrons. The van der Waals surface area contributed by atoms with Crippen molar-refractivity contribution in [3.05, 3.63) is 0 Å². The van der Waals surface area contributed by atoms with E-state index in [0.717, 1.165) is 12.8 Å². The van der Waals surface area contributed by atoms with Gasteiger partial charge in [0.1, 0.15) is 6.10 Å². The number of carbonyl (C=O) groups is 1. The number of esters is 1. The molecule has 0 aliphatic heterocycles. The molecule has 1 rings (SSSR count). The van der Waals surface area contributed by atoms with E-state index in [-0.39, 0.29) is 12.1 Å². The topological polar surface area (TPSA) is 26.3 Å². The van der Waals surface area contributed by atoms with Crippen LogP contribution < -0.4 is 0 Å². The fourth-order valence-electron chi connectivity index (χ4n) is 2.56. The van der Waals surface area contributed by atoms with Gasteiger partial charge in [-0.3, -0.25) is 4.79 Å². The molecule has 0 amide bonds. The Morgan fingerprint density at radius 3 is 2.53 bits per heavy atom. The first-order valence-electron chi connectivity index (χ1n) is 7.43. The predicted octanol–water partition coefficient (Wildman–Crippen LogP) is 4.47. The second kappa shape index (κ2) is 8.54. The van der Waals surface area contributed by atoms with Crippen LogP contribution in [-0.4, -0.2) is 12.1 Å². The van der Waals surface area contributed by atoms with E-state index < -0.39 is 0 Å². The van der Waals surface area contributed by atoms with Crippen LogP contribution >= 0.6 is 0 Å². The molecule has 0 bridgehead atoms. The van der Waals surface area contributed by atoms with E-state index in [4.69, 9.17) is 4.74 Å². The minimum absolute atomic E-state index is 0.0280. The van der Waals surface area contributed by atoms with E-state index in [2.05, 4.69) is 13.8 Å². The van der Waals surface area contributed by atoms with Gasteiger partial charge in [0.25, 0.3) is 0 Å². The standard InChI is InChI=1S/C15H28O2/c1-3-4-5-6-7-12-15(16)17-14-11-9-8-10-13(14)2/h13-14H,3-12H2,1-2H3/t13-,14-/m1/s1. The van der Waals surface area contributed by atoms with Crippen LogP contribution in [0.4, 0.5) is 0 Å². The first-order chi connectivity index (χ1) is 8.24. The molecule has 1 fully saturated rings. The van der Waals surface area contributed by atoms with Crippen LogP contribution in [0.2, 0.25) is 0 Å². The summed E-state index contributed by atoms with van der Waals surface area (Å²) >= 11 is 0. The average Bonchev–Trinajstić information content (AvgIpc) is 2.32. The fourth-order valence-corrected chi connectivity index (χ4v) is 2.56. The largest absolute Gasteiger partial charge is 0.462 e. The Kier molecular flexibility index (Phi) is 7.30. The van der Waals surface area contributed by atoms with E-state index >= 15 is 0 Å². The van der Waals surface area contributed by atoms with Crippen LogP contribution in [0.3, 0.4) is 0 Å². The molecule has 1 saturated carbocycles. The summed E-state index contributed by atoms with van der Waals surface area (Å²) in [4.78, 5) is 11.7. The third-order valence-corrected chi connectivity index (χ3v) is 3.80. The second-order valence-electron chi connectivity index (χ2n) is 5.45. The van der Waals surface area contributed by atoms with E-state index in [1.165, 1.54) is 44.9 Å². The van der Waals surface area contributed by atoms with Crippen molar-refractivity contribution < 1.29 is 9.53 Å². The van der Waals surface area contributed by atoms with E-state index in [9.17, 15) is 4.79 Å². The summed E-state index contributed by atoms with van der Waals surface area (Å²) in [5.41, 5.74) is 0. The molecule has 0 heterocycles. The molecule has 0 saturated heterocycles. The van der Waals surface area contributed by atoms with E-state index in [1.807, 2.05) is 0 Å². The zero-order chi connectivity index (χ0) is 12.5. The van der Waals surface area contributed by atoms with Crippen molar-refractivity contribution in [2.75, 3.05) is 0 Å². The zero-order valence-corrected chi connectivity index (χ0v) is 11.5. The van der Waals surface area contributed by atoms with Gasteiger partial charge < -0.3 is 4.74 Å². The van der Waals surface area contributed by atoms with Gasteiger partial charge in [-0.05, 0) is 31.6 Å². The van der Waals surface area contributed by atoms with Crippen LogP contribution in [0, 0.1) is 5.92 Å². The molecule has 0 unspecified atom stereocenters. The molecular weight excluding hydrogens is 212 g/mol. The molecule has 2 atom stereocenters. The Labute approximate surface area is 106 Å². The zero-order valence-electron chi connectivity index (χ0n) is 11.5. The summed E-state index contributed by atoms with van der Waals surface area (Å²) in [5.74, 6) is 0.591. The lowest BCUT2D eigenvalue weighted by Crippen LogP contribution is -2.28. The summed E-state index contributed by atoms with van der Waals surface area (Å²) in [7, 11) is 0. The smallest absolute Gasteiger partial charge is 0.306 e. The predicted molar refractivity (Wildman–Crippen MR) is 70.9 cm³/mol. The highest BCUT2D eigenvalue weighted by Crippen LogP contribution is 2.26. The van der Waals surface area contributed by atoms with Crippen LogP contribution in [0.15, 0.2) is 0 Å². The van der Waals surface area contributed by atoms with Crippen molar-refractivity contribution in [2.45, 2.75) is 84.2 Å². The Hall–Kier alpha value is -0.530. The third kappa shape index (κ3) is 6.09. The van der Waals surface area contributed by atoms with Crippen LogP contribution in [0.25, 0.3) is 0 Å². The minimum Gasteiger partial charge on any atom is -0.462 e. The van der Waals surface area contributed by atoms with Crippen LogP contribution in [0.1, 0.15) is 78.1 Å². The van der Waals surface area contributed by atoms with Gasteiger partial charge in [0.2, 0.25) is 0 Å². The number of ether oxygens (including phenoxy) is 1. The van der Waals surface area contributed by atoms with Crippen molar-refractivity contribution in [3.8, 4) is 0 Å². The van der Waals surface area contributed by atoms with Gasteiger partial charge in [-0.25, -0.2) is 0 Å². The van der Waals surface area contributed by atoms with Gasteiger partial charge in [-0.1, -0.05) is 46.0 Å². The maximum Gasteiger partial charge on any atom is 0.306 e. The number of carbonyl (C=O) groups excluding carboxylic acids is 1. The first-order valence-corrected chi connectivity index (χ1v) is 7.43. The van der Waals surface area contributed by atoms with Gasteiger partial charge in [-0.15, -0.1) is 0 Å². The number of rotatable bonds is 7. The number of hydrogen-bond donors (Lipinski definition) is 0. The molecule has 2 nitrogen and oxygen atoms in total. The lowest BCUT2D eigenvalue weighted by Gasteiger charge is -2.28. The maximum absolute atomic E-state index is 11.7. The summed E-state index contributed by atoms with van der Waals surface area (Å²) in [5, 5.41) is 0. The molecule has 0 spiro atoms. The second-order valence-corrected chi connectivity index (χ2v) is 5.45. The summed E-state index contributed by atoms with van der Waals surface area (Å²) < 4.78 is 5.57. The molecule has 1 aliphatic carbocycles. The molecule has 0 aromatic rings. The van der Waals surface area contributed by atoms with Crippen LogP contribution in [-0.2, 0) is 9.53 Å². The quantitative estimate of drug-likeness (QED) is 0.485. The lowest BCUT2D eigenvalue weighted by atomic mass is 9.88. The van der Waals surface area contributed by atoms with Crippen molar-refractivity contribution in [1.82, 2.24) is 0 Å². The highest BCUT2D eigenvalue weighted by Gasteiger charge is 2.24. The molecule has 0 N–H and O–H groups in total. The van der Waals surface area contributed by atoms with Gasteiger partial charge in [0.15, 0.2) is 0 Å². The van der Waals surface area contributed by atoms with Crippen LogP contribution in [0.5, 0.6) is 0 Å². The lowest BCUT2D eigenvalue weighted by molar-refractivity contribution is -0.153. The molecule has 0 radical (unpaired) electrons. The normalized spacial score (nSPS) is 24.6. The van der Waals surface area contributed by atoms with Crippen molar-refractivity contribution in [1.29, 1.82) is 0 Å². The Bertz CT molecular complexity index is 213.